The molecule has 1 aliphatic rings. The number of rotatable bonds is 4. The first-order valence-electron chi connectivity index (χ1n) is 8.74. The van der Waals surface area contributed by atoms with Crippen LogP contribution in [-0.4, -0.2) is 30.9 Å². The zero-order chi connectivity index (χ0) is 19.4. The monoisotopic (exact) mass is 363 g/mol. The number of anilines is 1. The van der Waals surface area contributed by atoms with E-state index in [1.807, 2.05) is 24.3 Å². The summed E-state index contributed by atoms with van der Waals surface area (Å²) in [5, 5.41) is 11.9. The Morgan fingerprint density at radius 3 is 2.67 bits per heavy atom. The van der Waals surface area contributed by atoms with E-state index >= 15 is 0 Å². The topological polar surface area (TPSA) is 82.4 Å². The number of carbonyl (C=O) groups excluding carboxylic acids is 2. The minimum Gasteiger partial charge on any atom is -0.497 e. The molecule has 0 bridgehead atoms. The van der Waals surface area contributed by atoms with Crippen molar-refractivity contribution in [2.45, 2.75) is 18.9 Å². The number of nitrogens with zero attached hydrogens (tertiary/aromatic N) is 2. The van der Waals surface area contributed by atoms with Crippen molar-refractivity contribution in [3.05, 3.63) is 59.7 Å². The molecule has 0 saturated carbocycles. The first-order chi connectivity index (χ1) is 13.0. The molecule has 1 aliphatic heterocycles. The third-order valence-corrected chi connectivity index (χ3v) is 4.91. The van der Waals surface area contributed by atoms with E-state index in [1.54, 1.807) is 43.3 Å². The Labute approximate surface area is 158 Å². The number of carbonyl (C=O) groups is 2. The smallest absolute Gasteiger partial charge is 0.229 e. The Kier molecular flexibility index (Phi) is 5.41. The lowest BCUT2D eigenvalue weighted by Crippen LogP contribution is -2.44. The van der Waals surface area contributed by atoms with Crippen molar-refractivity contribution >= 4 is 17.5 Å². The minimum atomic E-state index is -0.383. The Morgan fingerprint density at radius 2 is 2.00 bits per heavy atom. The first-order valence-corrected chi connectivity index (χ1v) is 8.74. The highest BCUT2D eigenvalue weighted by atomic mass is 16.5. The summed E-state index contributed by atoms with van der Waals surface area (Å²) in [7, 11) is 3.32. The number of benzene rings is 2. The summed E-state index contributed by atoms with van der Waals surface area (Å²) in [6.45, 7) is 0. The van der Waals surface area contributed by atoms with Crippen LogP contribution in [0.25, 0.3) is 0 Å². The Balaban J connectivity index is 1.87. The highest BCUT2D eigenvalue weighted by Gasteiger charge is 2.38. The van der Waals surface area contributed by atoms with Gasteiger partial charge in [-0.2, -0.15) is 5.26 Å². The molecule has 1 fully saturated rings. The van der Waals surface area contributed by atoms with Crippen LogP contribution in [0.3, 0.4) is 0 Å². The highest BCUT2D eigenvalue weighted by molar-refractivity contribution is 5.94. The second-order valence-corrected chi connectivity index (χ2v) is 6.55. The van der Waals surface area contributed by atoms with Crippen LogP contribution in [0.5, 0.6) is 5.75 Å². The predicted molar refractivity (Wildman–Crippen MR) is 101 cm³/mol. The second-order valence-electron chi connectivity index (χ2n) is 6.55. The molecule has 1 saturated heterocycles. The van der Waals surface area contributed by atoms with Gasteiger partial charge in [0.2, 0.25) is 11.8 Å². The number of hydrogen-bond donors (Lipinski definition) is 1. The van der Waals surface area contributed by atoms with Gasteiger partial charge in [0.15, 0.2) is 0 Å². The van der Waals surface area contributed by atoms with E-state index in [0.717, 1.165) is 11.3 Å². The average Bonchev–Trinajstić information content (AvgIpc) is 2.70. The van der Waals surface area contributed by atoms with E-state index in [1.165, 1.54) is 0 Å². The molecule has 2 atom stereocenters. The fourth-order valence-electron chi connectivity index (χ4n) is 3.47. The van der Waals surface area contributed by atoms with E-state index in [4.69, 9.17) is 10.00 Å². The predicted octanol–water partition coefficient (Wildman–Crippen LogP) is 3.12. The van der Waals surface area contributed by atoms with Crippen molar-refractivity contribution in [1.29, 1.82) is 5.26 Å². The summed E-state index contributed by atoms with van der Waals surface area (Å²) in [6.07, 6.45) is 0.809. The number of hydrogen-bond acceptors (Lipinski definition) is 4. The summed E-state index contributed by atoms with van der Waals surface area (Å²) in [4.78, 5) is 26.9. The lowest BCUT2D eigenvalue weighted by molar-refractivity contribution is -0.140. The van der Waals surface area contributed by atoms with Gasteiger partial charge in [-0.1, -0.05) is 18.2 Å². The Bertz CT molecular complexity index is 886. The maximum absolute atomic E-state index is 13.0. The maximum Gasteiger partial charge on any atom is 0.229 e. The van der Waals surface area contributed by atoms with Crippen LogP contribution < -0.4 is 10.1 Å². The number of ether oxygens (including phenoxy) is 1. The SMILES string of the molecule is COc1ccc([C@@H]2[C@H](C(=O)Nc3cccc(C#N)c3)CCC(=O)N2C)cc1. The molecule has 1 N–H and O–H groups in total. The number of amides is 2. The first kappa shape index (κ1) is 18.5. The molecule has 138 valence electrons. The van der Waals surface area contributed by atoms with Crippen LogP contribution in [0.1, 0.15) is 30.0 Å². The molecule has 2 aromatic rings. The van der Waals surface area contributed by atoms with Gasteiger partial charge in [-0.3, -0.25) is 9.59 Å². The number of methoxy groups -OCH3 is 1. The standard InChI is InChI=1S/C21H21N3O3/c1-24-19(25)11-10-18(20(24)15-6-8-17(27-2)9-7-15)21(26)23-16-5-3-4-14(12-16)13-22/h3-9,12,18,20H,10-11H2,1-2H3,(H,23,26)/t18-,20-/m1/s1. The Morgan fingerprint density at radius 1 is 1.26 bits per heavy atom. The molecule has 1 heterocycles. The van der Waals surface area contributed by atoms with Crippen molar-refractivity contribution < 1.29 is 14.3 Å². The van der Waals surface area contributed by atoms with Crippen molar-refractivity contribution in [3.63, 3.8) is 0 Å². The highest BCUT2D eigenvalue weighted by Crippen LogP contribution is 2.37. The summed E-state index contributed by atoms with van der Waals surface area (Å²) in [5.74, 6) is 0.196. The third kappa shape index (κ3) is 3.93. The summed E-state index contributed by atoms with van der Waals surface area (Å²) < 4.78 is 5.19. The van der Waals surface area contributed by atoms with Crippen LogP contribution in [0.2, 0.25) is 0 Å². The van der Waals surface area contributed by atoms with Crippen molar-refractivity contribution in [3.8, 4) is 11.8 Å². The van der Waals surface area contributed by atoms with Gasteiger partial charge in [-0.05, 0) is 42.3 Å². The molecule has 3 rings (SSSR count). The molecule has 0 spiro atoms. The Hall–Kier alpha value is -3.33. The van der Waals surface area contributed by atoms with Crippen LogP contribution in [0, 0.1) is 17.2 Å². The molecule has 2 aromatic carbocycles. The van der Waals surface area contributed by atoms with Crippen LogP contribution in [0.4, 0.5) is 5.69 Å². The largest absolute Gasteiger partial charge is 0.497 e. The molecule has 0 aromatic heterocycles. The number of piperidine rings is 1. The second kappa shape index (κ2) is 7.92. The zero-order valence-electron chi connectivity index (χ0n) is 15.3. The van der Waals surface area contributed by atoms with Crippen LogP contribution in [0.15, 0.2) is 48.5 Å². The molecule has 2 amide bonds. The molecule has 6 nitrogen and oxygen atoms in total. The molecule has 0 radical (unpaired) electrons. The fourth-order valence-corrected chi connectivity index (χ4v) is 3.47. The lowest BCUT2D eigenvalue weighted by atomic mass is 9.84. The van der Waals surface area contributed by atoms with Gasteiger partial charge in [0.05, 0.1) is 30.7 Å². The van der Waals surface area contributed by atoms with E-state index in [2.05, 4.69) is 11.4 Å². The van der Waals surface area contributed by atoms with Crippen molar-refractivity contribution in [2.24, 2.45) is 5.92 Å². The molecule has 6 heteroatoms. The summed E-state index contributed by atoms with van der Waals surface area (Å²) >= 11 is 0. The van der Waals surface area contributed by atoms with E-state index in [-0.39, 0.29) is 23.8 Å². The lowest BCUT2D eigenvalue weighted by Gasteiger charge is -2.38. The van der Waals surface area contributed by atoms with Crippen molar-refractivity contribution in [2.75, 3.05) is 19.5 Å². The average molecular weight is 363 g/mol. The number of likely N-dealkylation sites (tertiary alicyclic amines) is 1. The van der Waals surface area contributed by atoms with Crippen LogP contribution in [-0.2, 0) is 9.59 Å². The number of nitriles is 1. The summed E-state index contributed by atoms with van der Waals surface area (Å²) in [6, 6.07) is 15.9. The van der Waals surface area contributed by atoms with Gasteiger partial charge >= 0.3 is 0 Å². The van der Waals surface area contributed by atoms with E-state index < -0.39 is 0 Å². The molecular formula is C21H21N3O3. The molecule has 27 heavy (non-hydrogen) atoms. The van der Waals surface area contributed by atoms with Crippen molar-refractivity contribution in [1.82, 2.24) is 4.90 Å². The zero-order valence-corrected chi connectivity index (χ0v) is 15.3. The summed E-state index contributed by atoms with van der Waals surface area (Å²) in [5.41, 5.74) is 1.94. The van der Waals surface area contributed by atoms with Gasteiger partial charge < -0.3 is 15.0 Å². The molecule has 0 aliphatic carbocycles. The maximum atomic E-state index is 13.0. The van der Waals surface area contributed by atoms with Gasteiger partial charge in [-0.15, -0.1) is 0 Å². The van der Waals surface area contributed by atoms with Crippen LogP contribution >= 0.6 is 0 Å². The molecular weight excluding hydrogens is 342 g/mol. The van der Waals surface area contributed by atoms with E-state index in [0.29, 0.717) is 24.1 Å². The molecule has 0 unspecified atom stereocenters. The van der Waals surface area contributed by atoms with Gasteiger partial charge in [-0.25, -0.2) is 0 Å². The fraction of sp³-hybridized carbons (Fsp3) is 0.286. The number of nitrogens with one attached hydrogen (secondary N) is 1. The van der Waals surface area contributed by atoms with E-state index in [9.17, 15) is 9.59 Å². The van der Waals surface area contributed by atoms with Gasteiger partial charge in [0, 0.05) is 19.2 Å². The van der Waals surface area contributed by atoms with Gasteiger partial charge in [0.25, 0.3) is 0 Å². The van der Waals surface area contributed by atoms with Gasteiger partial charge in [0.1, 0.15) is 5.75 Å². The minimum absolute atomic E-state index is 0.0198. The normalized spacial score (nSPS) is 19.3. The third-order valence-electron chi connectivity index (χ3n) is 4.91. The quantitative estimate of drug-likeness (QED) is 0.905.